The average molecular weight is 446 g/mol. The second-order valence-electron chi connectivity index (χ2n) is 6.80. The highest BCUT2D eigenvalue weighted by Crippen LogP contribution is 2.33. The summed E-state index contributed by atoms with van der Waals surface area (Å²) in [7, 11) is 0. The van der Waals surface area contributed by atoms with Gasteiger partial charge >= 0.3 is 0 Å². The van der Waals surface area contributed by atoms with Crippen LogP contribution < -0.4 is 0 Å². The van der Waals surface area contributed by atoms with E-state index >= 15 is 0 Å². The minimum atomic E-state index is -0.311. The number of halogens is 1. The number of H-pyrrole nitrogens is 1. The van der Waals surface area contributed by atoms with Gasteiger partial charge in [0.15, 0.2) is 0 Å². The van der Waals surface area contributed by atoms with Crippen molar-refractivity contribution in [3.05, 3.63) is 94.5 Å². The lowest BCUT2D eigenvalue weighted by molar-refractivity contribution is 0.0705. The van der Waals surface area contributed by atoms with Crippen LogP contribution in [0.1, 0.15) is 34.2 Å². The monoisotopic (exact) mass is 445 g/mol. The van der Waals surface area contributed by atoms with Crippen molar-refractivity contribution in [1.82, 2.24) is 20.0 Å². The molecule has 0 radical (unpaired) electrons. The van der Waals surface area contributed by atoms with Crippen LogP contribution in [0.15, 0.2) is 82.6 Å². The molecule has 1 atom stereocenters. The highest BCUT2D eigenvalue weighted by molar-refractivity contribution is 9.10. The zero-order valence-electron chi connectivity index (χ0n) is 15.3. The van der Waals surface area contributed by atoms with E-state index < -0.39 is 0 Å². The fourth-order valence-corrected chi connectivity index (χ4v) is 3.74. The standard InChI is InChI=1S/C22H16BrN5O/c23-16-9-7-14(8-10-16)19-12-20(21-25-17-5-1-2-6-18(17)26-21)28(27-19)22(29)15-4-3-11-24-13-15/h1-11,13,20H,12H2,(H,25,26)/t20-/m0/s1. The van der Waals surface area contributed by atoms with Crippen LogP contribution in [0.3, 0.4) is 0 Å². The highest BCUT2D eigenvalue weighted by Gasteiger charge is 2.35. The zero-order valence-corrected chi connectivity index (χ0v) is 16.9. The number of hydrogen-bond donors (Lipinski definition) is 1. The summed E-state index contributed by atoms with van der Waals surface area (Å²) in [6.07, 6.45) is 3.78. The Morgan fingerprint density at radius 3 is 2.66 bits per heavy atom. The fraction of sp³-hybridized carbons (Fsp3) is 0.0909. The van der Waals surface area contributed by atoms with Gasteiger partial charge in [-0.2, -0.15) is 5.10 Å². The van der Waals surface area contributed by atoms with E-state index in [-0.39, 0.29) is 11.9 Å². The lowest BCUT2D eigenvalue weighted by Gasteiger charge is -2.19. The van der Waals surface area contributed by atoms with Gasteiger partial charge in [-0.25, -0.2) is 9.99 Å². The third-order valence-electron chi connectivity index (χ3n) is 4.93. The van der Waals surface area contributed by atoms with Crippen molar-refractivity contribution in [2.24, 2.45) is 5.10 Å². The summed E-state index contributed by atoms with van der Waals surface area (Å²) in [6.45, 7) is 0. The molecule has 1 N–H and O–H groups in total. The fourth-order valence-electron chi connectivity index (χ4n) is 3.48. The van der Waals surface area contributed by atoms with E-state index in [0.717, 1.165) is 32.6 Å². The van der Waals surface area contributed by atoms with E-state index in [2.05, 4.69) is 31.0 Å². The van der Waals surface area contributed by atoms with Gasteiger partial charge in [-0.1, -0.05) is 40.2 Å². The number of carbonyl (C=O) groups excluding carboxylic acids is 1. The first-order valence-electron chi connectivity index (χ1n) is 9.21. The normalized spacial score (nSPS) is 16.2. The summed E-state index contributed by atoms with van der Waals surface area (Å²) < 4.78 is 0.997. The van der Waals surface area contributed by atoms with Gasteiger partial charge < -0.3 is 4.98 Å². The first-order chi connectivity index (χ1) is 14.2. The molecule has 7 heteroatoms. The number of aromatic amines is 1. The molecule has 5 rings (SSSR count). The maximum Gasteiger partial charge on any atom is 0.276 e. The van der Waals surface area contributed by atoms with Crippen LogP contribution in [-0.4, -0.2) is 31.6 Å². The molecule has 0 saturated carbocycles. The second kappa shape index (κ2) is 7.25. The van der Waals surface area contributed by atoms with Gasteiger partial charge in [0.1, 0.15) is 11.9 Å². The molecule has 0 aliphatic carbocycles. The van der Waals surface area contributed by atoms with Gasteiger partial charge in [-0.3, -0.25) is 9.78 Å². The number of benzene rings is 2. The number of aromatic nitrogens is 3. The number of hydrogen-bond acceptors (Lipinski definition) is 4. The van der Waals surface area contributed by atoms with Crippen molar-refractivity contribution in [3.63, 3.8) is 0 Å². The van der Waals surface area contributed by atoms with E-state index in [1.165, 1.54) is 5.01 Å². The third kappa shape index (κ3) is 3.34. The second-order valence-corrected chi connectivity index (χ2v) is 7.72. The predicted octanol–water partition coefficient (Wildman–Crippen LogP) is 4.71. The molecule has 0 saturated heterocycles. The van der Waals surface area contributed by atoms with E-state index in [1.807, 2.05) is 48.5 Å². The molecule has 2 aromatic heterocycles. The SMILES string of the molecule is O=C(c1cccnc1)N1N=C(c2ccc(Br)cc2)C[C@H]1c1nc2ccccc2[nH]1. The third-order valence-corrected chi connectivity index (χ3v) is 5.46. The Morgan fingerprint density at radius 2 is 1.90 bits per heavy atom. The van der Waals surface area contributed by atoms with Gasteiger partial charge in [0.05, 0.1) is 22.3 Å². The Labute approximate surface area is 175 Å². The van der Waals surface area contributed by atoms with Crippen LogP contribution in [0.5, 0.6) is 0 Å². The molecule has 2 aromatic carbocycles. The number of nitrogens with one attached hydrogen (secondary N) is 1. The first-order valence-corrected chi connectivity index (χ1v) is 10.00. The number of pyridine rings is 1. The van der Waals surface area contributed by atoms with Crippen molar-refractivity contribution in [1.29, 1.82) is 0 Å². The molecule has 0 bridgehead atoms. The van der Waals surface area contributed by atoms with Crippen LogP contribution >= 0.6 is 15.9 Å². The van der Waals surface area contributed by atoms with E-state index in [4.69, 9.17) is 4.98 Å². The zero-order chi connectivity index (χ0) is 19.8. The Balaban J connectivity index is 1.56. The lowest BCUT2D eigenvalue weighted by atomic mass is 10.0. The molecule has 1 aliphatic heterocycles. The summed E-state index contributed by atoms with van der Waals surface area (Å²) >= 11 is 3.46. The van der Waals surface area contributed by atoms with Gasteiger partial charge in [-0.05, 0) is 42.0 Å². The summed E-state index contributed by atoms with van der Waals surface area (Å²) in [4.78, 5) is 25.3. The number of amides is 1. The Kier molecular flexibility index (Phi) is 4.44. The number of fused-ring (bicyclic) bond motifs is 1. The molecule has 6 nitrogen and oxygen atoms in total. The number of nitrogens with zero attached hydrogens (tertiary/aromatic N) is 4. The van der Waals surface area contributed by atoms with Crippen molar-refractivity contribution in [3.8, 4) is 0 Å². The summed E-state index contributed by atoms with van der Waals surface area (Å²) in [5.41, 5.74) is 4.13. The molecule has 0 spiro atoms. The molecule has 0 fully saturated rings. The molecule has 1 amide bonds. The smallest absolute Gasteiger partial charge is 0.276 e. The van der Waals surface area contributed by atoms with Gasteiger partial charge in [0.25, 0.3) is 5.91 Å². The molecule has 29 heavy (non-hydrogen) atoms. The highest BCUT2D eigenvalue weighted by atomic mass is 79.9. The molecule has 0 unspecified atom stereocenters. The largest absolute Gasteiger partial charge is 0.340 e. The quantitative estimate of drug-likeness (QED) is 0.495. The van der Waals surface area contributed by atoms with Crippen molar-refractivity contribution < 1.29 is 4.79 Å². The van der Waals surface area contributed by atoms with E-state index in [0.29, 0.717) is 12.0 Å². The summed E-state index contributed by atoms with van der Waals surface area (Å²) in [6, 6.07) is 19.0. The topological polar surface area (TPSA) is 74.2 Å². The molecule has 1 aliphatic rings. The van der Waals surface area contributed by atoms with E-state index in [9.17, 15) is 4.79 Å². The Bertz CT molecular complexity index is 1180. The van der Waals surface area contributed by atoms with Crippen LogP contribution in [-0.2, 0) is 0 Å². The summed E-state index contributed by atoms with van der Waals surface area (Å²) in [5.74, 6) is 0.523. The first kappa shape index (κ1) is 17.8. The van der Waals surface area contributed by atoms with Crippen molar-refractivity contribution >= 4 is 38.6 Å². The minimum Gasteiger partial charge on any atom is -0.340 e. The van der Waals surface area contributed by atoms with Gasteiger partial charge in [0, 0.05) is 23.3 Å². The van der Waals surface area contributed by atoms with Crippen LogP contribution in [0.4, 0.5) is 0 Å². The van der Waals surface area contributed by atoms with Crippen LogP contribution in [0, 0.1) is 0 Å². The number of hydrazone groups is 1. The van der Waals surface area contributed by atoms with Crippen LogP contribution in [0.25, 0.3) is 11.0 Å². The van der Waals surface area contributed by atoms with Gasteiger partial charge in [-0.15, -0.1) is 0 Å². The number of imidazole rings is 1. The molecule has 4 aromatic rings. The Morgan fingerprint density at radius 1 is 1.07 bits per heavy atom. The lowest BCUT2D eigenvalue weighted by Crippen LogP contribution is -2.27. The van der Waals surface area contributed by atoms with Gasteiger partial charge in [0.2, 0.25) is 0 Å². The summed E-state index contributed by atoms with van der Waals surface area (Å²) in [5, 5.41) is 6.21. The maximum atomic E-state index is 13.2. The van der Waals surface area contributed by atoms with Crippen LogP contribution in [0.2, 0.25) is 0 Å². The number of rotatable bonds is 3. The number of carbonyl (C=O) groups is 1. The van der Waals surface area contributed by atoms with E-state index in [1.54, 1.807) is 24.5 Å². The number of para-hydroxylation sites is 2. The molecule has 3 heterocycles. The maximum absolute atomic E-state index is 13.2. The molecular formula is C22H16BrN5O. The minimum absolute atomic E-state index is 0.198. The van der Waals surface area contributed by atoms with Crippen molar-refractivity contribution in [2.75, 3.05) is 0 Å². The molecule has 142 valence electrons. The average Bonchev–Trinajstić information content (AvgIpc) is 3.39. The molecular weight excluding hydrogens is 430 g/mol. The Hall–Kier alpha value is -3.32. The predicted molar refractivity (Wildman–Crippen MR) is 115 cm³/mol. The van der Waals surface area contributed by atoms with Crippen molar-refractivity contribution in [2.45, 2.75) is 12.5 Å².